The van der Waals surface area contributed by atoms with Crippen LogP contribution in [0.1, 0.15) is 12.6 Å². The second kappa shape index (κ2) is 8.44. The van der Waals surface area contributed by atoms with E-state index in [9.17, 15) is 33.3 Å². The van der Waals surface area contributed by atoms with E-state index in [1.165, 1.54) is 4.57 Å². The lowest BCUT2D eigenvalue weighted by molar-refractivity contribution is -0.0423. The molecule has 0 aromatic carbocycles. The third-order valence-corrected chi connectivity index (χ3v) is 7.60. The highest BCUT2D eigenvalue weighted by atomic mass is 31.3. The van der Waals surface area contributed by atoms with Gasteiger partial charge >= 0.3 is 29.2 Å². The minimum Gasteiger partial charge on any atom is -0.390 e. The number of phosphoric ester groups is 1. The molecule has 1 saturated heterocycles. The van der Waals surface area contributed by atoms with Gasteiger partial charge in [-0.2, -0.15) is 8.62 Å². The smallest absolute Gasteiger partial charge is 0.390 e. The van der Waals surface area contributed by atoms with E-state index in [0.717, 1.165) is 6.33 Å². The van der Waals surface area contributed by atoms with Crippen molar-refractivity contribution in [3.05, 3.63) is 27.2 Å². The molecule has 21 heteroatoms. The molecule has 1 aliphatic rings. The van der Waals surface area contributed by atoms with E-state index in [2.05, 4.69) is 23.1 Å². The minimum atomic E-state index is -5.68. The number of phosphoric acid groups is 3. The third kappa shape index (κ3) is 6.04. The molecule has 174 valence electrons. The average Bonchev–Trinajstić information content (AvgIpc) is 3.13. The molecule has 7 N–H and O–H groups in total. The zero-order valence-corrected chi connectivity index (χ0v) is 17.6. The molecule has 0 amide bonds. The summed E-state index contributed by atoms with van der Waals surface area (Å²) in [6.45, 7) is -0.870. The highest BCUT2D eigenvalue weighted by Crippen LogP contribution is 2.66. The Balaban J connectivity index is 1.68. The number of aromatic nitrogens is 4. The molecule has 1 aliphatic heterocycles. The molecular weight excluding hydrogens is 493 g/mol. The van der Waals surface area contributed by atoms with Crippen molar-refractivity contribution >= 4 is 34.6 Å². The zero-order chi connectivity index (χ0) is 23.2. The average molecular weight is 508 g/mol. The maximum Gasteiger partial charge on any atom is 0.490 e. The molecule has 18 nitrogen and oxygen atoms in total. The first-order valence-corrected chi connectivity index (χ1v) is 12.5. The fourth-order valence-electron chi connectivity index (χ4n) is 2.68. The predicted octanol–water partition coefficient (Wildman–Crippen LogP) is -1.60. The van der Waals surface area contributed by atoms with Gasteiger partial charge in [0.15, 0.2) is 5.52 Å². The summed E-state index contributed by atoms with van der Waals surface area (Å²) in [5, 5.41) is 10.1. The van der Waals surface area contributed by atoms with Crippen molar-refractivity contribution in [2.45, 2.75) is 24.9 Å². The maximum atomic E-state index is 11.8. The number of rotatable bonds is 8. The molecule has 2 aromatic rings. The van der Waals surface area contributed by atoms with Crippen molar-refractivity contribution in [3.8, 4) is 0 Å². The van der Waals surface area contributed by atoms with Crippen LogP contribution in [0.5, 0.6) is 0 Å². The number of fused-ring (bicyclic) bond motifs is 1. The first-order chi connectivity index (χ1) is 14.2. The van der Waals surface area contributed by atoms with Gasteiger partial charge in [-0.25, -0.2) is 23.5 Å². The second-order valence-electron chi connectivity index (χ2n) is 6.08. The summed E-state index contributed by atoms with van der Waals surface area (Å²) in [5.74, 6) is 0. The highest BCUT2D eigenvalue weighted by Gasteiger charge is 2.43. The molecule has 1 fully saturated rings. The van der Waals surface area contributed by atoms with E-state index in [1.807, 2.05) is 4.98 Å². The summed E-state index contributed by atoms with van der Waals surface area (Å²) >= 11 is 0. The molecule has 0 bridgehead atoms. The highest BCUT2D eigenvalue weighted by molar-refractivity contribution is 7.66. The standard InChI is InChI=1S/C10H15N4O14P3/c15-4-1-6(14-3-11-7-8(14)12-10(17)13-9(7)16)26-5(4)2-25-30(21,22)28-31(23,24)27-29(18,19)20/h3-6,15H,1-2H2,(H,21,22)(H,23,24)(H2,18,19,20)(H2,12,13,16,17)/t4?,5-,6-/m0/s1. The lowest BCUT2D eigenvalue weighted by atomic mass is 10.2. The van der Waals surface area contributed by atoms with E-state index in [-0.39, 0.29) is 17.6 Å². The van der Waals surface area contributed by atoms with E-state index >= 15 is 0 Å². The van der Waals surface area contributed by atoms with Gasteiger partial charge in [0, 0.05) is 6.42 Å². The fourth-order valence-corrected chi connectivity index (χ4v) is 5.71. The van der Waals surface area contributed by atoms with E-state index < -0.39 is 59.8 Å². The number of nitrogens with one attached hydrogen (secondary N) is 2. The van der Waals surface area contributed by atoms with Crippen LogP contribution in [0.3, 0.4) is 0 Å². The van der Waals surface area contributed by atoms with Crippen LogP contribution >= 0.6 is 23.5 Å². The number of hydrogen-bond acceptors (Lipinski definition) is 11. The van der Waals surface area contributed by atoms with Crippen molar-refractivity contribution in [1.29, 1.82) is 0 Å². The summed E-state index contributed by atoms with van der Waals surface area (Å²) in [5.41, 5.74) is -1.71. The van der Waals surface area contributed by atoms with Crippen molar-refractivity contribution in [2.24, 2.45) is 0 Å². The van der Waals surface area contributed by atoms with E-state index in [0.29, 0.717) is 0 Å². The fraction of sp³-hybridized carbons (Fsp3) is 0.500. The Morgan fingerprint density at radius 1 is 1.13 bits per heavy atom. The number of imidazole rings is 1. The summed E-state index contributed by atoms with van der Waals surface area (Å²) < 4.78 is 51.9. The van der Waals surface area contributed by atoms with Gasteiger partial charge in [-0.15, -0.1) is 0 Å². The normalized spacial score (nSPS) is 26.0. The number of ether oxygens (including phenoxy) is 1. The lowest BCUT2D eigenvalue weighted by Crippen LogP contribution is -2.26. The number of aliphatic hydroxyl groups excluding tert-OH is 1. The molecule has 2 aromatic heterocycles. The van der Waals surface area contributed by atoms with E-state index in [4.69, 9.17) is 19.4 Å². The lowest BCUT2D eigenvalue weighted by Gasteiger charge is -2.19. The number of aliphatic hydroxyl groups is 1. The Hall–Kier alpha value is -1.52. The number of nitrogens with zero attached hydrogens (tertiary/aromatic N) is 2. The first-order valence-electron chi connectivity index (χ1n) is 7.97. The van der Waals surface area contributed by atoms with Crippen LogP contribution in [0.25, 0.3) is 11.2 Å². The molecule has 3 rings (SSSR count). The molecule has 3 unspecified atom stereocenters. The predicted molar refractivity (Wildman–Crippen MR) is 95.3 cm³/mol. The molecule has 3 heterocycles. The van der Waals surface area contributed by atoms with Gasteiger partial charge in [0.1, 0.15) is 18.0 Å². The molecule has 0 saturated carbocycles. The summed E-state index contributed by atoms with van der Waals surface area (Å²) in [7, 11) is -16.6. The van der Waals surface area contributed by atoms with Gasteiger partial charge in [-0.3, -0.25) is 23.9 Å². The van der Waals surface area contributed by atoms with Gasteiger partial charge in [0.25, 0.3) is 5.56 Å². The zero-order valence-electron chi connectivity index (χ0n) is 14.9. The van der Waals surface area contributed by atoms with Gasteiger partial charge in [0.2, 0.25) is 0 Å². The number of hydrogen-bond donors (Lipinski definition) is 7. The van der Waals surface area contributed by atoms with Gasteiger partial charge < -0.3 is 29.4 Å². The molecule has 0 aliphatic carbocycles. The molecule has 31 heavy (non-hydrogen) atoms. The van der Waals surface area contributed by atoms with Crippen LogP contribution in [0.2, 0.25) is 0 Å². The largest absolute Gasteiger partial charge is 0.490 e. The quantitative estimate of drug-likeness (QED) is 0.198. The SMILES string of the molecule is O=c1[nH]c(=O)c2ncn([C@@H]3CC(O)[C@H](COP(=O)(O)OP(=O)(O)OP(=O)(O)O)O3)c2[nH]1. The molecule has 0 radical (unpaired) electrons. The monoisotopic (exact) mass is 508 g/mol. The number of aromatic amines is 2. The third-order valence-electron chi connectivity index (χ3n) is 3.80. The number of H-pyrrole nitrogens is 2. The summed E-state index contributed by atoms with van der Waals surface area (Å²) in [4.78, 5) is 66.9. The van der Waals surface area contributed by atoms with Crippen molar-refractivity contribution < 1.29 is 56.3 Å². The Bertz CT molecular complexity index is 1230. The molecule has 5 atom stereocenters. The minimum absolute atomic E-state index is 0.0144. The Morgan fingerprint density at radius 3 is 2.45 bits per heavy atom. The summed E-state index contributed by atoms with van der Waals surface area (Å²) in [6, 6.07) is 0. The van der Waals surface area contributed by atoms with Crippen molar-refractivity contribution in [3.63, 3.8) is 0 Å². The van der Waals surface area contributed by atoms with Crippen LogP contribution in [0, 0.1) is 0 Å². The summed E-state index contributed by atoms with van der Waals surface area (Å²) in [6.07, 6.45) is -2.57. The molecule has 0 spiro atoms. The van der Waals surface area contributed by atoms with Gasteiger partial charge in [-0.1, -0.05) is 0 Å². The van der Waals surface area contributed by atoms with Crippen LogP contribution in [0.4, 0.5) is 0 Å². The van der Waals surface area contributed by atoms with Gasteiger partial charge in [-0.05, 0) is 0 Å². The maximum absolute atomic E-state index is 11.8. The van der Waals surface area contributed by atoms with Crippen LogP contribution in [-0.4, -0.2) is 63.0 Å². The Morgan fingerprint density at radius 2 is 1.81 bits per heavy atom. The Labute approximate surface area is 169 Å². The van der Waals surface area contributed by atoms with Crippen LogP contribution in [0.15, 0.2) is 15.9 Å². The van der Waals surface area contributed by atoms with Crippen molar-refractivity contribution in [1.82, 2.24) is 19.5 Å². The first kappa shape index (κ1) is 24.1. The molecular formula is C10H15N4O14P3. The Kier molecular flexibility index (Phi) is 6.57. The van der Waals surface area contributed by atoms with Gasteiger partial charge in [0.05, 0.1) is 19.0 Å². The van der Waals surface area contributed by atoms with Crippen molar-refractivity contribution in [2.75, 3.05) is 6.61 Å². The van der Waals surface area contributed by atoms with Crippen LogP contribution in [-0.2, 0) is 31.6 Å². The van der Waals surface area contributed by atoms with Crippen LogP contribution < -0.4 is 11.2 Å². The second-order valence-corrected chi connectivity index (χ2v) is 10.5. The topological polar surface area (TPSA) is 273 Å². The van der Waals surface area contributed by atoms with E-state index in [1.54, 1.807) is 0 Å².